The van der Waals surface area contributed by atoms with Crippen molar-refractivity contribution in [2.45, 2.75) is 19.0 Å². The summed E-state index contributed by atoms with van der Waals surface area (Å²) in [5.74, 6) is -1.20. The van der Waals surface area contributed by atoms with Crippen LogP contribution in [0.1, 0.15) is 11.1 Å². The van der Waals surface area contributed by atoms with E-state index in [2.05, 4.69) is 6.58 Å². The van der Waals surface area contributed by atoms with Gasteiger partial charge in [-0.25, -0.2) is 4.39 Å². The Morgan fingerprint density at radius 2 is 2.00 bits per heavy atom. The number of nitrogens with zero attached hydrogens (tertiary/aromatic N) is 1. The molecule has 25 heavy (non-hydrogen) atoms. The monoisotopic (exact) mass is 343 g/mol. The molecule has 0 aliphatic heterocycles. The summed E-state index contributed by atoms with van der Waals surface area (Å²) < 4.78 is 18.6. The molecular formula is C20H22FNO3. The maximum Gasteiger partial charge on any atom is 0.321 e. The third-order valence-electron chi connectivity index (χ3n) is 3.96. The molecule has 0 saturated carbocycles. The van der Waals surface area contributed by atoms with Crippen LogP contribution in [0.25, 0.3) is 0 Å². The molecule has 5 heteroatoms. The van der Waals surface area contributed by atoms with Crippen LogP contribution in [-0.4, -0.2) is 35.7 Å². The second-order valence-electron chi connectivity index (χ2n) is 5.73. The van der Waals surface area contributed by atoms with Gasteiger partial charge in [-0.1, -0.05) is 42.5 Å². The molecule has 0 spiro atoms. The quantitative estimate of drug-likeness (QED) is 0.708. The van der Waals surface area contributed by atoms with Gasteiger partial charge in [-0.3, -0.25) is 9.69 Å². The van der Waals surface area contributed by atoms with Gasteiger partial charge < -0.3 is 9.84 Å². The molecule has 132 valence electrons. The molecule has 0 aliphatic carbocycles. The zero-order chi connectivity index (χ0) is 18.2. The van der Waals surface area contributed by atoms with Gasteiger partial charge in [0.2, 0.25) is 0 Å². The summed E-state index contributed by atoms with van der Waals surface area (Å²) in [4.78, 5) is 13.6. The third-order valence-corrected chi connectivity index (χ3v) is 3.96. The number of aliphatic carboxylic acids is 1. The van der Waals surface area contributed by atoms with E-state index in [1.165, 1.54) is 13.2 Å². The van der Waals surface area contributed by atoms with Crippen molar-refractivity contribution >= 4 is 5.97 Å². The van der Waals surface area contributed by atoms with Crippen molar-refractivity contribution in [1.82, 2.24) is 4.90 Å². The Bertz CT molecular complexity index is 718. The lowest BCUT2D eigenvalue weighted by Crippen LogP contribution is -2.42. The molecule has 0 amide bonds. The average Bonchev–Trinajstić information content (AvgIpc) is 2.61. The Balaban J connectivity index is 2.24. The number of methoxy groups -OCH3 is 1. The number of carboxylic acids is 1. The highest BCUT2D eigenvalue weighted by atomic mass is 19.1. The molecule has 0 radical (unpaired) electrons. The maximum atomic E-state index is 13.6. The Labute approximate surface area is 147 Å². The Morgan fingerprint density at radius 3 is 2.60 bits per heavy atom. The minimum Gasteiger partial charge on any atom is -0.494 e. The van der Waals surface area contributed by atoms with Crippen molar-refractivity contribution in [3.05, 3.63) is 78.1 Å². The molecule has 0 heterocycles. The Kier molecular flexibility index (Phi) is 6.71. The number of hydrogen-bond acceptors (Lipinski definition) is 3. The van der Waals surface area contributed by atoms with Crippen LogP contribution in [-0.2, 0) is 17.8 Å². The molecule has 4 nitrogen and oxygen atoms in total. The van der Waals surface area contributed by atoms with Crippen LogP contribution >= 0.6 is 0 Å². The van der Waals surface area contributed by atoms with Gasteiger partial charge in [-0.2, -0.15) is 0 Å². The fourth-order valence-corrected chi connectivity index (χ4v) is 2.71. The summed E-state index contributed by atoms with van der Waals surface area (Å²) in [6.45, 7) is 4.48. The fourth-order valence-electron chi connectivity index (χ4n) is 2.71. The van der Waals surface area contributed by atoms with Crippen LogP contribution < -0.4 is 4.74 Å². The molecule has 0 aliphatic rings. The fraction of sp³-hybridized carbons (Fsp3) is 0.250. The number of carboxylic acid groups (broad SMARTS) is 1. The highest BCUT2D eigenvalue weighted by molar-refractivity contribution is 5.74. The van der Waals surface area contributed by atoms with E-state index in [1.807, 2.05) is 30.3 Å². The highest BCUT2D eigenvalue weighted by Crippen LogP contribution is 2.21. The topological polar surface area (TPSA) is 49.8 Å². The molecule has 2 aromatic rings. The first-order valence-corrected chi connectivity index (χ1v) is 7.99. The maximum absolute atomic E-state index is 13.6. The normalized spacial score (nSPS) is 12.0. The predicted molar refractivity (Wildman–Crippen MR) is 95.1 cm³/mol. The van der Waals surface area contributed by atoms with Crippen LogP contribution in [0.3, 0.4) is 0 Å². The molecule has 1 atom stereocenters. The van der Waals surface area contributed by atoms with Gasteiger partial charge in [0.1, 0.15) is 6.04 Å². The van der Waals surface area contributed by atoms with Crippen molar-refractivity contribution in [2.24, 2.45) is 0 Å². The molecule has 0 saturated heterocycles. The molecule has 1 unspecified atom stereocenters. The summed E-state index contributed by atoms with van der Waals surface area (Å²) >= 11 is 0. The molecule has 0 fully saturated rings. The van der Waals surface area contributed by atoms with E-state index in [1.54, 1.807) is 23.1 Å². The molecule has 2 rings (SSSR count). The van der Waals surface area contributed by atoms with Crippen molar-refractivity contribution in [3.63, 3.8) is 0 Å². The number of rotatable bonds is 9. The Morgan fingerprint density at radius 1 is 1.28 bits per heavy atom. The van der Waals surface area contributed by atoms with Crippen LogP contribution in [0.4, 0.5) is 4.39 Å². The summed E-state index contributed by atoms with van der Waals surface area (Å²) in [6.07, 6.45) is 2.05. The minimum absolute atomic E-state index is 0.144. The van der Waals surface area contributed by atoms with Crippen LogP contribution in [0.2, 0.25) is 0 Å². The zero-order valence-corrected chi connectivity index (χ0v) is 14.2. The lowest BCUT2D eigenvalue weighted by atomic mass is 10.0. The van der Waals surface area contributed by atoms with E-state index >= 15 is 0 Å². The average molecular weight is 343 g/mol. The Hall–Kier alpha value is -2.66. The summed E-state index contributed by atoms with van der Waals surface area (Å²) in [5.41, 5.74) is 1.72. The first-order valence-electron chi connectivity index (χ1n) is 7.99. The number of benzene rings is 2. The van der Waals surface area contributed by atoms with E-state index in [9.17, 15) is 14.3 Å². The van der Waals surface area contributed by atoms with E-state index in [0.717, 1.165) is 11.1 Å². The van der Waals surface area contributed by atoms with E-state index in [4.69, 9.17) is 4.74 Å². The van der Waals surface area contributed by atoms with Crippen LogP contribution in [0.15, 0.2) is 61.2 Å². The van der Waals surface area contributed by atoms with Gasteiger partial charge in [-0.15, -0.1) is 6.58 Å². The number of carbonyl (C=O) groups is 1. The summed E-state index contributed by atoms with van der Waals surface area (Å²) in [7, 11) is 1.40. The molecule has 0 bridgehead atoms. The number of ether oxygens (including phenoxy) is 1. The van der Waals surface area contributed by atoms with Crippen LogP contribution in [0.5, 0.6) is 5.75 Å². The third kappa shape index (κ3) is 5.16. The first kappa shape index (κ1) is 18.7. The van der Waals surface area contributed by atoms with Crippen molar-refractivity contribution in [1.29, 1.82) is 0 Å². The number of halogens is 1. The van der Waals surface area contributed by atoms with Gasteiger partial charge in [0.05, 0.1) is 7.11 Å². The van der Waals surface area contributed by atoms with Crippen molar-refractivity contribution in [2.75, 3.05) is 13.7 Å². The SMILES string of the molecule is C=CCN(Cc1ccc(F)c(OC)c1)C(Cc1ccccc1)C(=O)O. The molecule has 2 aromatic carbocycles. The van der Waals surface area contributed by atoms with Gasteiger partial charge >= 0.3 is 5.97 Å². The summed E-state index contributed by atoms with van der Waals surface area (Å²) in [6, 6.07) is 13.3. The minimum atomic E-state index is -0.903. The lowest BCUT2D eigenvalue weighted by molar-refractivity contribution is -0.143. The predicted octanol–water partition coefficient (Wildman–Crippen LogP) is 3.52. The standard InChI is InChI=1S/C20H22FNO3/c1-3-11-22(14-16-9-10-17(21)19(13-16)25-2)18(20(23)24)12-15-7-5-4-6-8-15/h3-10,13,18H,1,11-12,14H2,2H3,(H,23,24). The number of hydrogen-bond donors (Lipinski definition) is 1. The smallest absolute Gasteiger partial charge is 0.321 e. The molecule has 0 aromatic heterocycles. The van der Waals surface area contributed by atoms with E-state index < -0.39 is 17.8 Å². The van der Waals surface area contributed by atoms with Crippen molar-refractivity contribution in [3.8, 4) is 5.75 Å². The second-order valence-corrected chi connectivity index (χ2v) is 5.73. The van der Waals surface area contributed by atoms with Gasteiger partial charge in [0, 0.05) is 13.1 Å². The molecule has 1 N–H and O–H groups in total. The highest BCUT2D eigenvalue weighted by Gasteiger charge is 2.25. The van der Waals surface area contributed by atoms with E-state index in [0.29, 0.717) is 19.5 Å². The summed E-state index contributed by atoms with van der Waals surface area (Å²) in [5, 5.41) is 9.69. The zero-order valence-electron chi connectivity index (χ0n) is 14.2. The van der Waals surface area contributed by atoms with Gasteiger partial charge in [-0.05, 0) is 29.7 Å². The first-order chi connectivity index (χ1) is 12.0. The largest absolute Gasteiger partial charge is 0.494 e. The molecular weight excluding hydrogens is 321 g/mol. The second kappa shape index (κ2) is 8.99. The van der Waals surface area contributed by atoms with Crippen molar-refractivity contribution < 1.29 is 19.0 Å². The van der Waals surface area contributed by atoms with Gasteiger partial charge in [0.15, 0.2) is 11.6 Å². The lowest BCUT2D eigenvalue weighted by Gasteiger charge is -2.28. The van der Waals surface area contributed by atoms with Crippen LogP contribution in [0, 0.1) is 5.82 Å². The van der Waals surface area contributed by atoms with Gasteiger partial charge in [0.25, 0.3) is 0 Å². The van der Waals surface area contributed by atoms with E-state index in [-0.39, 0.29) is 5.75 Å².